The van der Waals surface area contributed by atoms with E-state index in [9.17, 15) is 19.2 Å². The summed E-state index contributed by atoms with van der Waals surface area (Å²) in [6.07, 6.45) is 0.417. The van der Waals surface area contributed by atoms with Crippen LogP contribution in [0.1, 0.15) is 62.7 Å². The lowest BCUT2D eigenvalue weighted by molar-refractivity contribution is -0.121. The molecular weight excluding hydrogens is 370 g/mol. The quantitative estimate of drug-likeness (QED) is 0.438. The largest absolute Gasteiger partial charge is 0.457 e. The van der Waals surface area contributed by atoms with E-state index in [-0.39, 0.29) is 37.0 Å². The lowest BCUT2D eigenvalue weighted by Crippen LogP contribution is -2.28. The van der Waals surface area contributed by atoms with Crippen molar-refractivity contribution in [3.63, 3.8) is 0 Å². The minimum absolute atomic E-state index is 0.0193. The third-order valence-electron chi connectivity index (χ3n) is 5.24. The maximum absolute atomic E-state index is 12.5. The molecule has 0 aromatic heterocycles. The molecule has 0 N–H and O–H groups in total. The molecule has 1 saturated heterocycles. The van der Waals surface area contributed by atoms with Crippen molar-refractivity contribution in [3.05, 3.63) is 63.7 Å². The number of ketones is 1. The van der Waals surface area contributed by atoms with Crippen LogP contribution in [0.15, 0.2) is 30.3 Å². The van der Waals surface area contributed by atoms with Crippen LogP contribution in [0.5, 0.6) is 0 Å². The third-order valence-corrected chi connectivity index (χ3v) is 5.24. The van der Waals surface area contributed by atoms with E-state index in [1.54, 1.807) is 12.1 Å². The second-order valence-electron chi connectivity index (χ2n) is 7.29. The SMILES string of the molecule is CC(=O)c1c(C)cc(C)c(COC(=O)c2ccc(N3C(=O)CCC3=O)cc2)c1C. The number of anilines is 1. The highest BCUT2D eigenvalue weighted by Crippen LogP contribution is 2.25. The lowest BCUT2D eigenvalue weighted by Gasteiger charge is -2.16. The Morgan fingerprint density at radius 2 is 1.55 bits per heavy atom. The monoisotopic (exact) mass is 393 g/mol. The number of imide groups is 1. The summed E-state index contributed by atoms with van der Waals surface area (Å²) in [5.41, 5.74) is 4.94. The molecule has 2 aromatic rings. The fourth-order valence-electron chi connectivity index (χ4n) is 3.82. The topological polar surface area (TPSA) is 80.8 Å². The number of carbonyl (C=O) groups excluding carboxylic acids is 4. The average molecular weight is 393 g/mol. The van der Waals surface area contributed by atoms with E-state index >= 15 is 0 Å². The number of carbonyl (C=O) groups is 4. The summed E-state index contributed by atoms with van der Waals surface area (Å²) in [5.74, 6) is -1.01. The van der Waals surface area contributed by atoms with Crippen LogP contribution < -0.4 is 4.90 Å². The van der Waals surface area contributed by atoms with E-state index in [1.165, 1.54) is 19.1 Å². The number of nitrogens with zero attached hydrogens (tertiary/aromatic N) is 1. The number of hydrogen-bond donors (Lipinski definition) is 0. The summed E-state index contributed by atoms with van der Waals surface area (Å²) in [7, 11) is 0. The Hall–Kier alpha value is -3.28. The molecule has 1 fully saturated rings. The fourth-order valence-corrected chi connectivity index (χ4v) is 3.82. The molecule has 0 aliphatic carbocycles. The third kappa shape index (κ3) is 3.97. The Morgan fingerprint density at radius 1 is 0.966 bits per heavy atom. The normalized spacial score (nSPS) is 13.7. The number of rotatable bonds is 5. The van der Waals surface area contributed by atoms with Gasteiger partial charge in [-0.1, -0.05) is 6.07 Å². The van der Waals surface area contributed by atoms with Crippen molar-refractivity contribution in [1.29, 1.82) is 0 Å². The first-order valence-corrected chi connectivity index (χ1v) is 9.44. The fraction of sp³-hybridized carbons (Fsp3) is 0.304. The average Bonchev–Trinajstić information content (AvgIpc) is 2.99. The molecular formula is C23H23NO5. The zero-order valence-corrected chi connectivity index (χ0v) is 17.0. The molecule has 1 aliphatic rings. The highest BCUT2D eigenvalue weighted by atomic mass is 16.5. The Bertz CT molecular complexity index is 1000. The summed E-state index contributed by atoms with van der Waals surface area (Å²) < 4.78 is 5.46. The molecule has 0 unspecified atom stereocenters. The van der Waals surface area contributed by atoms with Crippen LogP contribution in [0.3, 0.4) is 0 Å². The molecule has 0 atom stereocenters. The molecule has 6 nitrogen and oxygen atoms in total. The maximum Gasteiger partial charge on any atom is 0.338 e. The summed E-state index contributed by atoms with van der Waals surface area (Å²) in [4.78, 5) is 49.2. The lowest BCUT2D eigenvalue weighted by atomic mass is 9.92. The zero-order valence-electron chi connectivity index (χ0n) is 17.0. The predicted octanol–water partition coefficient (Wildman–Crippen LogP) is 3.82. The molecule has 0 spiro atoms. The van der Waals surface area contributed by atoms with Crippen LogP contribution in [0.4, 0.5) is 5.69 Å². The van der Waals surface area contributed by atoms with E-state index in [0.29, 0.717) is 16.8 Å². The van der Waals surface area contributed by atoms with Crippen LogP contribution in [0, 0.1) is 20.8 Å². The second kappa shape index (κ2) is 7.99. The van der Waals surface area contributed by atoms with Crippen molar-refractivity contribution in [2.75, 3.05) is 4.90 Å². The Balaban J connectivity index is 1.75. The summed E-state index contributed by atoms with van der Waals surface area (Å²) in [5, 5.41) is 0. The highest BCUT2D eigenvalue weighted by molar-refractivity contribution is 6.19. The summed E-state index contributed by atoms with van der Waals surface area (Å²) in [6, 6.07) is 8.12. The van der Waals surface area contributed by atoms with E-state index in [4.69, 9.17) is 4.74 Å². The van der Waals surface area contributed by atoms with Crippen molar-refractivity contribution in [1.82, 2.24) is 0 Å². The van der Waals surface area contributed by atoms with Crippen LogP contribution in [-0.4, -0.2) is 23.6 Å². The predicted molar refractivity (Wildman–Crippen MR) is 108 cm³/mol. The Morgan fingerprint density at radius 3 is 2.10 bits per heavy atom. The van der Waals surface area contributed by atoms with Crippen molar-refractivity contribution in [2.24, 2.45) is 0 Å². The standard InChI is InChI=1S/C23H23NO5/c1-13-11-14(2)22(16(4)25)15(3)19(13)12-29-23(28)17-5-7-18(8-6-17)24-20(26)9-10-21(24)27/h5-8,11H,9-10,12H2,1-4H3. The number of Topliss-reactive ketones (excluding diaryl/α,β-unsaturated/α-hetero) is 1. The maximum atomic E-state index is 12.5. The van der Waals surface area contributed by atoms with Crippen LogP contribution >= 0.6 is 0 Å². The second-order valence-corrected chi connectivity index (χ2v) is 7.29. The summed E-state index contributed by atoms with van der Waals surface area (Å²) >= 11 is 0. The molecule has 0 saturated carbocycles. The van der Waals surface area contributed by atoms with Gasteiger partial charge in [0.2, 0.25) is 11.8 Å². The van der Waals surface area contributed by atoms with Crippen LogP contribution in [0.25, 0.3) is 0 Å². The molecule has 0 radical (unpaired) electrons. The van der Waals surface area contributed by atoms with Gasteiger partial charge in [0.1, 0.15) is 6.61 Å². The van der Waals surface area contributed by atoms with E-state index < -0.39 is 5.97 Å². The smallest absolute Gasteiger partial charge is 0.338 e. The molecule has 6 heteroatoms. The van der Waals surface area contributed by atoms with Crippen LogP contribution in [0.2, 0.25) is 0 Å². The first-order chi connectivity index (χ1) is 13.7. The molecule has 150 valence electrons. The number of hydrogen-bond acceptors (Lipinski definition) is 5. The van der Waals surface area contributed by atoms with Crippen molar-refractivity contribution in [2.45, 2.75) is 47.1 Å². The molecule has 2 aromatic carbocycles. The van der Waals surface area contributed by atoms with Crippen LogP contribution in [-0.2, 0) is 20.9 Å². The van der Waals surface area contributed by atoms with Gasteiger partial charge in [0.05, 0.1) is 11.3 Å². The molecule has 1 aliphatic heterocycles. The van der Waals surface area contributed by atoms with Gasteiger partial charge >= 0.3 is 5.97 Å². The molecule has 1 heterocycles. The van der Waals surface area contributed by atoms with E-state index in [1.807, 2.05) is 26.8 Å². The number of ether oxygens (including phenoxy) is 1. The van der Waals surface area contributed by atoms with Gasteiger partial charge in [-0.25, -0.2) is 4.79 Å². The minimum Gasteiger partial charge on any atom is -0.457 e. The number of amides is 2. The van der Waals surface area contributed by atoms with Crippen molar-refractivity contribution < 1.29 is 23.9 Å². The minimum atomic E-state index is -0.514. The number of esters is 1. The van der Waals surface area contributed by atoms with Gasteiger partial charge in [0.25, 0.3) is 0 Å². The van der Waals surface area contributed by atoms with E-state index in [2.05, 4.69) is 0 Å². The number of aryl methyl sites for hydroxylation is 2. The van der Waals surface area contributed by atoms with Gasteiger partial charge in [-0.05, 0) is 74.2 Å². The highest BCUT2D eigenvalue weighted by Gasteiger charge is 2.30. The Kier molecular flexibility index (Phi) is 5.64. The molecule has 29 heavy (non-hydrogen) atoms. The van der Waals surface area contributed by atoms with Gasteiger partial charge < -0.3 is 4.74 Å². The van der Waals surface area contributed by atoms with E-state index in [0.717, 1.165) is 27.2 Å². The van der Waals surface area contributed by atoms with Gasteiger partial charge in [-0.15, -0.1) is 0 Å². The van der Waals surface area contributed by atoms with Gasteiger partial charge in [-0.2, -0.15) is 0 Å². The molecule has 0 bridgehead atoms. The molecule has 3 rings (SSSR count). The first-order valence-electron chi connectivity index (χ1n) is 9.44. The van der Waals surface area contributed by atoms with Crippen molar-refractivity contribution >= 4 is 29.3 Å². The Labute approximate surface area is 169 Å². The summed E-state index contributed by atoms with van der Waals surface area (Å²) in [6.45, 7) is 7.26. The van der Waals surface area contributed by atoms with Crippen molar-refractivity contribution in [3.8, 4) is 0 Å². The van der Waals surface area contributed by atoms with Gasteiger partial charge in [-0.3, -0.25) is 19.3 Å². The molecule has 2 amide bonds. The first kappa shape index (κ1) is 20.5. The van der Waals surface area contributed by atoms with Gasteiger partial charge in [0, 0.05) is 18.4 Å². The zero-order chi connectivity index (χ0) is 21.3. The number of benzene rings is 2. The van der Waals surface area contributed by atoms with Gasteiger partial charge in [0.15, 0.2) is 5.78 Å².